The molecule has 4 heterocycles. The first-order chi connectivity index (χ1) is 14.7. The fourth-order valence-corrected chi connectivity index (χ4v) is 5.31. The van der Waals surface area contributed by atoms with E-state index in [9.17, 15) is 9.59 Å². The zero-order valence-electron chi connectivity index (χ0n) is 16.8. The highest BCUT2D eigenvalue weighted by molar-refractivity contribution is 7.12. The Balaban J connectivity index is 1.26. The van der Waals surface area contributed by atoms with Crippen molar-refractivity contribution in [3.8, 4) is 0 Å². The Kier molecular flexibility index (Phi) is 5.29. The normalized spacial score (nSPS) is 22.4. The molecule has 3 aromatic rings. The molecule has 0 aliphatic carbocycles. The van der Waals surface area contributed by atoms with E-state index in [2.05, 4.69) is 4.98 Å². The first kappa shape index (κ1) is 19.3. The maximum atomic E-state index is 13.3. The van der Waals surface area contributed by atoms with Crippen LogP contribution in [-0.2, 0) is 4.79 Å². The molecule has 2 unspecified atom stereocenters. The zero-order valence-corrected chi connectivity index (χ0v) is 17.6. The van der Waals surface area contributed by atoms with Crippen LogP contribution in [0.3, 0.4) is 0 Å². The molecule has 2 amide bonds. The van der Waals surface area contributed by atoms with E-state index in [4.69, 9.17) is 4.42 Å². The second-order valence-electron chi connectivity index (χ2n) is 8.21. The minimum atomic E-state index is -0.120. The summed E-state index contributed by atoms with van der Waals surface area (Å²) < 4.78 is 5.97. The van der Waals surface area contributed by atoms with Crippen LogP contribution >= 0.6 is 11.3 Å². The van der Waals surface area contributed by atoms with Crippen LogP contribution in [0.25, 0.3) is 11.1 Å². The van der Waals surface area contributed by atoms with Gasteiger partial charge in [-0.15, -0.1) is 11.3 Å². The SMILES string of the molecule is O=C(c1cccs1)N1CCCC(C(=O)N2CCCC(c3nc4ccccc4o3)C2)C1. The third-order valence-corrected chi connectivity index (χ3v) is 7.04. The van der Waals surface area contributed by atoms with Gasteiger partial charge in [0.2, 0.25) is 5.91 Å². The van der Waals surface area contributed by atoms with Gasteiger partial charge >= 0.3 is 0 Å². The van der Waals surface area contributed by atoms with E-state index in [1.54, 1.807) is 0 Å². The van der Waals surface area contributed by atoms with Gasteiger partial charge in [-0.2, -0.15) is 0 Å². The van der Waals surface area contributed by atoms with Crippen LogP contribution in [0, 0.1) is 5.92 Å². The maximum absolute atomic E-state index is 13.3. The lowest BCUT2D eigenvalue weighted by Crippen LogP contribution is -2.48. The summed E-state index contributed by atoms with van der Waals surface area (Å²) in [6.45, 7) is 2.65. The number of para-hydroxylation sites is 2. The van der Waals surface area contributed by atoms with Crippen LogP contribution in [0.1, 0.15) is 47.2 Å². The molecular weight excluding hydrogens is 398 g/mol. The van der Waals surface area contributed by atoms with E-state index in [0.29, 0.717) is 13.1 Å². The summed E-state index contributed by atoms with van der Waals surface area (Å²) in [7, 11) is 0. The third kappa shape index (κ3) is 3.74. The van der Waals surface area contributed by atoms with Gasteiger partial charge in [0.1, 0.15) is 5.52 Å². The molecule has 7 heteroatoms. The van der Waals surface area contributed by atoms with E-state index in [1.807, 2.05) is 51.6 Å². The van der Waals surface area contributed by atoms with Crippen molar-refractivity contribution in [2.45, 2.75) is 31.6 Å². The minimum absolute atomic E-state index is 0.0468. The van der Waals surface area contributed by atoms with Crippen molar-refractivity contribution in [3.63, 3.8) is 0 Å². The molecule has 156 valence electrons. The van der Waals surface area contributed by atoms with Gasteiger partial charge in [0.05, 0.1) is 16.7 Å². The lowest BCUT2D eigenvalue weighted by Gasteiger charge is -2.37. The topological polar surface area (TPSA) is 66.7 Å². The summed E-state index contributed by atoms with van der Waals surface area (Å²) in [5, 5.41) is 1.92. The Morgan fingerprint density at radius 2 is 1.83 bits per heavy atom. The molecule has 5 rings (SSSR count). The van der Waals surface area contributed by atoms with Gasteiger partial charge in [0.25, 0.3) is 5.91 Å². The monoisotopic (exact) mass is 423 g/mol. The smallest absolute Gasteiger partial charge is 0.263 e. The Labute approximate surface area is 179 Å². The number of hydrogen-bond acceptors (Lipinski definition) is 5. The molecule has 0 radical (unpaired) electrons. The minimum Gasteiger partial charge on any atom is -0.440 e. The second kappa shape index (κ2) is 8.22. The molecule has 1 aromatic carbocycles. The summed E-state index contributed by atoms with van der Waals surface area (Å²) in [4.78, 5) is 35.2. The number of thiophene rings is 1. The Hall–Kier alpha value is -2.67. The van der Waals surface area contributed by atoms with Gasteiger partial charge in [-0.3, -0.25) is 9.59 Å². The molecule has 6 nitrogen and oxygen atoms in total. The average Bonchev–Trinajstić information content (AvgIpc) is 3.48. The van der Waals surface area contributed by atoms with Crippen LogP contribution < -0.4 is 0 Å². The van der Waals surface area contributed by atoms with Gasteiger partial charge < -0.3 is 14.2 Å². The van der Waals surface area contributed by atoms with Gasteiger partial charge in [-0.1, -0.05) is 18.2 Å². The molecule has 2 aliphatic heterocycles. The first-order valence-electron chi connectivity index (χ1n) is 10.7. The number of amides is 2. The van der Waals surface area contributed by atoms with Crippen molar-refractivity contribution >= 4 is 34.3 Å². The van der Waals surface area contributed by atoms with E-state index in [1.165, 1.54) is 11.3 Å². The quantitative estimate of drug-likeness (QED) is 0.635. The van der Waals surface area contributed by atoms with E-state index < -0.39 is 0 Å². The zero-order chi connectivity index (χ0) is 20.5. The summed E-state index contributed by atoms with van der Waals surface area (Å²) in [6, 6.07) is 11.5. The molecule has 2 atom stereocenters. The van der Waals surface area contributed by atoms with Crippen LogP contribution in [0.15, 0.2) is 46.2 Å². The van der Waals surface area contributed by atoms with Crippen molar-refractivity contribution in [3.05, 3.63) is 52.5 Å². The Bertz CT molecular complexity index is 1010. The molecule has 0 bridgehead atoms. The van der Waals surface area contributed by atoms with Crippen LogP contribution in [-0.4, -0.2) is 52.8 Å². The summed E-state index contributed by atoms with van der Waals surface area (Å²) >= 11 is 1.46. The lowest BCUT2D eigenvalue weighted by atomic mass is 9.93. The molecule has 0 spiro atoms. The van der Waals surface area contributed by atoms with Crippen molar-refractivity contribution < 1.29 is 14.0 Å². The average molecular weight is 424 g/mol. The predicted octanol–water partition coefficient (Wildman–Crippen LogP) is 4.15. The number of carbonyl (C=O) groups excluding carboxylic acids is 2. The molecule has 30 heavy (non-hydrogen) atoms. The number of carbonyl (C=O) groups is 2. The highest BCUT2D eigenvalue weighted by atomic mass is 32.1. The molecule has 2 fully saturated rings. The third-order valence-electron chi connectivity index (χ3n) is 6.18. The number of aromatic nitrogens is 1. The number of nitrogens with zero attached hydrogens (tertiary/aromatic N) is 3. The van der Waals surface area contributed by atoms with Crippen molar-refractivity contribution in [2.24, 2.45) is 5.92 Å². The summed E-state index contributed by atoms with van der Waals surface area (Å²) in [5.41, 5.74) is 1.66. The predicted molar refractivity (Wildman–Crippen MR) is 116 cm³/mol. The van der Waals surface area contributed by atoms with E-state index in [0.717, 1.165) is 60.6 Å². The number of rotatable bonds is 3. The van der Waals surface area contributed by atoms with Crippen LogP contribution in [0.4, 0.5) is 0 Å². The summed E-state index contributed by atoms with van der Waals surface area (Å²) in [5.74, 6) is 0.949. The van der Waals surface area contributed by atoms with Gasteiger partial charge in [0.15, 0.2) is 11.5 Å². The molecule has 0 saturated carbocycles. The van der Waals surface area contributed by atoms with E-state index >= 15 is 0 Å². The highest BCUT2D eigenvalue weighted by Crippen LogP contribution is 2.31. The Morgan fingerprint density at radius 1 is 1.00 bits per heavy atom. The second-order valence-corrected chi connectivity index (χ2v) is 9.16. The first-order valence-corrected chi connectivity index (χ1v) is 11.5. The highest BCUT2D eigenvalue weighted by Gasteiger charge is 2.35. The fraction of sp³-hybridized carbons (Fsp3) is 0.435. The molecule has 2 aromatic heterocycles. The number of likely N-dealkylation sites (tertiary alicyclic amines) is 2. The van der Waals surface area contributed by atoms with Gasteiger partial charge in [0, 0.05) is 26.2 Å². The van der Waals surface area contributed by atoms with Crippen LogP contribution in [0.5, 0.6) is 0 Å². The summed E-state index contributed by atoms with van der Waals surface area (Å²) in [6.07, 6.45) is 3.64. The molecule has 0 N–H and O–H groups in total. The lowest BCUT2D eigenvalue weighted by molar-refractivity contribution is -0.138. The van der Waals surface area contributed by atoms with Crippen LogP contribution in [0.2, 0.25) is 0 Å². The van der Waals surface area contributed by atoms with Gasteiger partial charge in [-0.25, -0.2) is 4.98 Å². The molecular formula is C23H25N3O3S. The van der Waals surface area contributed by atoms with E-state index in [-0.39, 0.29) is 23.7 Å². The van der Waals surface area contributed by atoms with Gasteiger partial charge in [-0.05, 0) is 49.3 Å². The molecule has 2 saturated heterocycles. The maximum Gasteiger partial charge on any atom is 0.263 e. The number of benzene rings is 1. The Morgan fingerprint density at radius 3 is 2.67 bits per heavy atom. The van der Waals surface area contributed by atoms with Crippen molar-refractivity contribution in [1.29, 1.82) is 0 Å². The van der Waals surface area contributed by atoms with Crippen molar-refractivity contribution in [2.75, 3.05) is 26.2 Å². The number of piperidine rings is 2. The van der Waals surface area contributed by atoms with Crippen molar-refractivity contribution in [1.82, 2.24) is 14.8 Å². The standard InChI is InChI=1S/C23H25N3O3S/c27-22(17-7-4-12-26(15-17)23(28)20-10-5-13-30-20)25-11-3-6-16(14-25)21-24-18-8-1-2-9-19(18)29-21/h1-2,5,8-10,13,16-17H,3-4,6-7,11-12,14-15H2. The number of fused-ring (bicyclic) bond motifs is 1. The largest absolute Gasteiger partial charge is 0.440 e. The number of hydrogen-bond donors (Lipinski definition) is 0. The number of oxazole rings is 1. The molecule has 2 aliphatic rings. The fourth-order valence-electron chi connectivity index (χ4n) is 4.62.